The molecule has 2 aromatic carbocycles. The quantitative estimate of drug-likeness (QED) is 0.354. The van der Waals surface area contributed by atoms with Gasteiger partial charge in [-0.05, 0) is 60.0 Å². The van der Waals surface area contributed by atoms with Crippen molar-refractivity contribution in [1.82, 2.24) is 9.88 Å². The highest BCUT2D eigenvalue weighted by Crippen LogP contribution is 2.41. The maximum atomic E-state index is 13.2. The zero-order chi connectivity index (χ0) is 23.8. The Labute approximate surface area is 197 Å². The van der Waals surface area contributed by atoms with Crippen molar-refractivity contribution in [3.05, 3.63) is 94.8 Å². The normalized spacial score (nSPS) is 20.8. The summed E-state index contributed by atoms with van der Waals surface area (Å²) in [7, 11) is 1.57. The highest BCUT2D eigenvalue weighted by molar-refractivity contribution is 6.46. The molecule has 1 saturated heterocycles. The Morgan fingerprint density at radius 1 is 1.18 bits per heavy atom. The molecule has 34 heavy (non-hydrogen) atoms. The van der Waals surface area contributed by atoms with Gasteiger partial charge in [0.1, 0.15) is 23.4 Å². The number of benzene rings is 2. The Morgan fingerprint density at radius 3 is 2.68 bits per heavy atom. The van der Waals surface area contributed by atoms with Crippen LogP contribution in [0.1, 0.15) is 35.2 Å². The summed E-state index contributed by atoms with van der Waals surface area (Å²) in [6, 6.07) is 15.4. The van der Waals surface area contributed by atoms with E-state index in [0.717, 1.165) is 16.9 Å². The number of likely N-dealkylation sites (tertiary alicyclic amines) is 1. The lowest BCUT2D eigenvalue weighted by molar-refractivity contribution is -0.140. The Balaban J connectivity index is 1.62. The first-order valence-corrected chi connectivity index (χ1v) is 11.1. The summed E-state index contributed by atoms with van der Waals surface area (Å²) in [5, 5.41) is 11.3. The van der Waals surface area contributed by atoms with Crippen molar-refractivity contribution in [2.24, 2.45) is 0 Å². The third kappa shape index (κ3) is 3.79. The first kappa shape index (κ1) is 21.7. The van der Waals surface area contributed by atoms with Gasteiger partial charge in [0.25, 0.3) is 11.7 Å². The minimum atomic E-state index is -0.755. The molecule has 2 aliphatic rings. The van der Waals surface area contributed by atoms with E-state index in [1.54, 1.807) is 62.0 Å². The third-order valence-corrected chi connectivity index (χ3v) is 6.22. The van der Waals surface area contributed by atoms with E-state index < -0.39 is 17.7 Å². The molecule has 1 N–H and O–H groups in total. The monoisotopic (exact) mass is 456 g/mol. The molecule has 5 rings (SSSR count). The topological polar surface area (TPSA) is 89.0 Å². The van der Waals surface area contributed by atoms with Crippen LogP contribution >= 0.6 is 0 Å². The number of aliphatic hydroxyl groups is 1. The number of hydrogen-bond acceptors (Lipinski definition) is 6. The first-order chi connectivity index (χ1) is 16.5. The van der Waals surface area contributed by atoms with Gasteiger partial charge in [0.05, 0.1) is 18.7 Å². The maximum Gasteiger partial charge on any atom is 0.295 e. The number of aliphatic hydroxyl groups excluding tert-OH is 1. The van der Waals surface area contributed by atoms with Gasteiger partial charge in [0.15, 0.2) is 0 Å². The van der Waals surface area contributed by atoms with Crippen LogP contribution in [0.3, 0.4) is 0 Å². The molecule has 0 spiro atoms. The van der Waals surface area contributed by atoms with Crippen LogP contribution in [0.15, 0.2) is 72.6 Å². The van der Waals surface area contributed by atoms with Gasteiger partial charge < -0.3 is 19.5 Å². The fourth-order valence-corrected chi connectivity index (χ4v) is 4.59. The van der Waals surface area contributed by atoms with Crippen molar-refractivity contribution in [3.8, 4) is 11.5 Å². The van der Waals surface area contributed by atoms with E-state index in [0.29, 0.717) is 23.3 Å². The summed E-state index contributed by atoms with van der Waals surface area (Å²) in [6.45, 7) is 2.16. The second-order valence-electron chi connectivity index (χ2n) is 8.52. The van der Waals surface area contributed by atoms with Crippen LogP contribution in [0.2, 0.25) is 0 Å². The Morgan fingerprint density at radius 2 is 1.97 bits per heavy atom. The molecule has 0 unspecified atom stereocenters. The number of amides is 1. The number of ketones is 1. The van der Waals surface area contributed by atoms with Gasteiger partial charge in [-0.3, -0.25) is 14.6 Å². The zero-order valence-corrected chi connectivity index (χ0v) is 18.9. The minimum Gasteiger partial charge on any atom is -0.507 e. The smallest absolute Gasteiger partial charge is 0.295 e. The fourth-order valence-electron chi connectivity index (χ4n) is 4.59. The molecule has 3 heterocycles. The Bertz CT molecular complexity index is 1280. The highest BCUT2D eigenvalue weighted by Gasteiger charge is 2.46. The van der Waals surface area contributed by atoms with Crippen molar-refractivity contribution in [2.45, 2.75) is 32.0 Å². The third-order valence-electron chi connectivity index (χ3n) is 6.22. The molecule has 3 aromatic rings. The predicted octanol–water partition coefficient (Wildman–Crippen LogP) is 4.04. The van der Waals surface area contributed by atoms with Crippen molar-refractivity contribution < 1.29 is 24.2 Å². The van der Waals surface area contributed by atoms with Crippen molar-refractivity contribution in [3.63, 3.8) is 0 Å². The van der Waals surface area contributed by atoms with E-state index in [9.17, 15) is 14.7 Å². The number of hydrogen-bond donors (Lipinski definition) is 1. The van der Waals surface area contributed by atoms with Gasteiger partial charge in [0, 0.05) is 30.9 Å². The molecule has 1 aromatic heterocycles. The standard InChI is InChI=1S/C27H24N2O5/c1-16-12-20-13-19(7-10-22(20)34-16)25(30)23-24(18-5-8-21(33-2)9-6-18)29(27(32)26(23)31)15-17-4-3-11-28-14-17/h3-11,13-14,16,24,30H,12,15H2,1-2H3/t16-,24-/m1/s1. The molecule has 172 valence electrons. The summed E-state index contributed by atoms with van der Waals surface area (Å²) in [6.07, 6.45) is 4.08. The summed E-state index contributed by atoms with van der Waals surface area (Å²) in [5.41, 5.74) is 2.98. The Hall–Kier alpha value is -4.13. The number of carbonyl (C=O) groups excluding carboxylic acids is 2. The number of aromatic nitrogens is 1. The molecule has 7 heteroatoms. The number of carbonyl (C=O) groups is 2. The second kappa shape index (κ2) is 8.67. The van der Waals surface area contributed by atoms with Crippen LogP contribution in [-0.2, 0) is 22.6 Å². The molecular formula is C27H24N2O5. The number of rotatable bonds is 5. The summed E-state index contributed by atoms with van der Waals surface area (Å²) >= 11 is 0. The molecular weight excluding hydrogens is 432 g/mol. The molecule has 0 radical (unpaired) electrons. The van der Waals surface area contributed by atoms with E-state index in [1.165, 1.54) is 4.90 Å². The number of pyridine rings is 1. The van der Waals surface area contributed by atoms with E-state index in [1.807, 2.05) is 19.1 Å². The lowest BCUT2D eigenvalue weighted by Crippen LogP contribution is -2.29. The molecule has 0 saturated carbocycles. The van der Waals surface area contributed by atoms with E-state index in [-0.39, 0.29) is 24.0 Å². The van der Waals surface area contributed by atoms with Crippen LogP contribution in [-0.4, -0.2) is 39.9 Å². The average molecular weight is 456 g/mol. The van der Waals surface area contributed by atoms with E-state index >= 15 is 0 Å². The SMILES string of the molecule is COc1ccc([C@@H]2C(=C(O)c3ccc4c(c3)C[C@@H](C)O4)C(=O)C(=O)N2Cc2cccnc2)cc1. The van der Waals surface area contributed by atoms with Crippen LogP contribution < -0.4 is 9.47 Å². The van der Waals surface area contributed by atoms with Gasteiger partial charge >= 0.3 is 0 Å². The Kier molecular flexibility index (Phi) is 5.53. The number of methoxy groups -OCH3 is 1. The maximum absolute atomic E-state index is 13.2. The molecule has 1 fully saturated rings. The second-order valence-corrected chi connectivity index (χ2v) is 8.52. The summed E-state index contributed by atoms with van der Waals surface area (Å²) in [5.74, 6) is -0.152. The van der Waals surface area contributed by atoms with Crippen molar-refractivity contribution in [1.29, 1.82) is 0 Å². The average Bonchev–Trinajstić information content (AvgIpc) is 3.35. The number of nitrogens with zero attached hydrogens (tertiary/aromatic N) is 2. The first-order valence-electron chi connectivity index (χ1n) is 11.1. The molecule has 2 atom stereocenters. The summed E-state index contributed by atoms with van der Waals surface area (Å²) in [4.78, 5) is 32.0. The molecule has 0 aliphatic carbocycles. The van der Waals surface area contributed by atoms with Crippen LogP contribution in [0.4, 0.5) is 0 Å². The van der Waals surface area contributed by atoms with Gasteiger partial charge in [-0.15, -0.1) is 0 Å². The number of ether oxygens (including phenoxy) is 2. The van der Waals surface area contributed by atoms with Gasteiger partial charge in [0.2, 0.25) is 0 Å². The van der Waals surface area contributed by atoms with Crippen LogP contribution in [0, 0.1) is 0 Å². The van der Waals surface area contributed by atoms with E-state index in [2.05, 4.69) is 4.98 Å². The number of fused-ring (bicyclic) bond motifs is 1. The van der Waals surface area contributed by atoms with E-state index in [4.69, 9.17) is 9.47 Å². The molecule has 1 amide bonds. The van der Waals surface area contributed by atoms with Gasteiger partial charge in [-0.2, -0.15) is 0 Å². The van der Waals surface area contributed by atoms with Gasteiger partial charge in [-0.1, -0.05) is 18.2 Å². The predicted molar refractivity (Wildman–Crippen MR) is 125 cm³/mol. The van der Waals surface area contributed by atoms with Crippen molar-refractivity contribution in [2.75, 3.05) is 7.11 Å². The number of Topliss-reactive ketones (excluding diaryl/α,β-unsaturated/α-hetero) is 1. The lowest BCUT2D eigenvalue weighted by Gasteiger charge is -2.25. The largest absolute Gasteiger partial charge is 0.507 e. The summed E-state index contributed by atoms with van der Waals surface area (Å²) < 4.78 is 11.0. The van der Waals surface area contributed by atoms with Gasteiger partial charge in [-0.25, -0.2) is 0 Å². The minimum absolute atomic E-state index is 0.0526. The fraction of sp³-hybridized carbons (Fsp3) is 0.222. The van der Waals surface area contributed by atoms with Crippen LogP contribution in [0.25, 0.3) is 5.76 Å². The highest BCUT2D eigenvalue weighted by atomic mass is 16.5. The molecule has 0 bridgehead atoms. The lowest BCUT2D eigenvalue weighted by atomic mass is 9.94. The molecule has 2 aliphatic heterocycles. The van der Waals surface area contributed by atoms with Crippen molar-refractivity contribution >= 4 is 17.4 Å². The zero-order valence-electron chi connectivity index (χ0n) is 18.9. The molecule has 7 nitrogen and oxygen atoms in total. The van der Waals surface area contributed by atoms with Crippen LogP contribution in [0.5, 0.6) is 11.5 Å².